The molecule has 1 aliphatic carbocycles. The third kappa shape index (κ3) is 4.53. The van der Waals surface area contributed by atoms with Gasteiger partial charge in [0.05, 0.1) is 25.1 Å². The van der Waals surface area contributed by atoms with Gasteiger partial charge in [0.25, 0.3) is 5.56 Å². The Kier molecular flexibility index (Phi) is 6.35. The lowest BCUT2D eigenvalue weighted by atomic mass is 9.92. The fourth-order valence-corrected chi connectivity index (χ4v) is 4.94. The molecule has 0 radical (unpaired) electrons. The molecule has 1 aliphatic rings. The van der Waals surface area contributed by atoms with E-state index in [0.29, 0.717) is 34.2 Å². The van der Waals surface area contributed by atoms with Gasteiger partial charge in [-0.3, -0.25) is 4.79 Å². The minimum atomic E-state index is -0.280. The smallest absolute Gasteiger partial charge is 0.284 e. The monoisotopic (exact) mass is 515 g/mol. The lowest BCUT2D eigenvalue weighted by Crippen LogP contribution is -2.20. The summed E-state index contributed by atoms with van der Waals surface area (Å²) in [6, 6.07) is 19.2. The van der Waals surface area contributed by atoms with Gasteiger partial charge in [-0.2, -0.15) is 14.9 Å². The van der Waals surface area contributed by atoms with Crippen LogP contribution >= 0.6 is 0 Å². The van der Waals surface area contributed by atoms with Gasteiger partial charge in [-0.15, -0.1) is 0 Å². The zero-order chi connectivity index (χ0) is 26.8. The number of H-pyrrole nitrogens is 1. The lowest BCUT2D eigenvalue weighted by Gasteiger charge is -2.15. The van der Waals surface area contributed by atoms with Crippen molar-refractivity contribution in [2.24, 2.45) is 0 Å². The Bertz CT molecular complexity index is 1780. The molecule has 6 rings (SSSR count). The van der Waals surface area contributed by atoms with Gasteiger partial charge in [0.2, 0.25) is 0 Å². The fraction of sp³-hybridized carbons (Fsp3) is 0.167. The van der Waals surface area contributed by atoms with Crippen LogP contribution in [0.1, 0.15) is 36.9 Å². The number of fused-ring (bicyclic) bond motifs is 1. The van der Waals surface area contributed by atoms with Crippen LogP contribution in [0.15, 0.2) is 77.9 Å². The molecule has 0 bridgehead atoms. The molecule has 192 valence electrons. The quantitative estimate of drug-likeness (QED) is 0.296. The van der Waals surface area contributed by atoms with E-state index in [9.17, 15) is 4.79 Å². The van der Waals surface area contributed by atoms with Gasteiger partial charge < -0.3 is 15.0 Å². The number of anilines is 2. The number of rotatable bonds is 6. The molecule has 3 aromatic heterocycles. The first kappa shape index (κ1) is 24.1. The van der Waals surface area contributed by atoms with Gasteiger partial charge in [0.1, 0.15) is 34.8 Å². The number of hydrogen-bond donors (Lipinski definition) is 2. The zero-order valence-corrected chi connectivity index (χ0v) is 21.3. The first-order valence-corrected chi connectivity index (χ1v) is 12.7. The highest BCUT2D eigenvalue weighted by molar-refractivity contribution is 5.89. The Hall–Kier alpha value is -5.23. The standard InChI is InChI=1S/C30H25N7O2/c1-39-23-14-12-20(13-15-23)26-28(34-24-18-32-22(16-31)17-33-24)35-29-25(19-8-4-2-5-9-19)27(36-37(29)30(26)38)21-10-6-3-7-11-21/h3,6-8,10-15,17-18,35H,2,4-5,9H2,1H3,(H,33,34). The number of nitrogens with zero attached hydrogens (tertiary/aromatic N) is 5. The molecule has 3 heterocycles. The number of methoxy groups -OCH3 is 1. The lowest BCUT2D eigenvalue weighted by molar-refractivity contribution is 0.415. The van der Waals surface area contributed by atoms with Crippen molar-refractivity contribution in [1.82, 2.24) is 24.6 Å². The number of aromatic amines is 1. The average Bonchev–Trinajstić information content (AvgIpc) is 3.38. The summed E-state index contributed by atoms with van der Waals surface area (Å²) in [6.45, 7) is 0. The third-order valence-electron chi connectivity index (χ3n) is 6.84. The minimum Gasteiger partial charge on any atom is -0.497 e. The third-order valence-corrected chi connectivity index (χ3v) is 6.84. The molecule has 0 amide bonds. The predicted molar refractivity (Wildman–Crippen MR) is 150 cm³/mol. The molecule has 0 unspecified atom stereocenters. The van der Waals surface area contributed by atoms with E-state index in [4.69, 9.17) is 15.1 Å². The molecule has 2 aromatic carbocycles. The number of benzene rings is 2. The number of allylic oxidation sites excluding steroid dienone is 2. The average molecular weight is 516 g/mol. The van der Waals surface area contributed by atoms with Crippen molar-refractivity contribution in [1.29, 1.82) is 5.26 Å². The molecule has 9 heteroatoms. The second-order valence-electron chi connectivity index (χ2n) is 9.26. The molecular weight excluding hydrogens is 490 g/mol. The van der Waals surface area contributed by atoms with Crippen LogP contribution in [0.2, 0.25) is 0 Å². The first-order chi connectivity index (χ1) is 19.2. The summed E-state index contributed by atoms with van der Waals surface area (Å²) in [5.74, 6) is 1.53. The van der Waals surface area contributed by atoms with Crippen LogP contribution in [0.3, 0.4) is 0 Å². The van der Waals surface area contributed by atoms with E-state index in [1.165, 1.54) is 22.5 Å². The van der Waals surface area contributed by atoms with Gasteiger partial charge in [0.15, 0.2) is 5.69 Å². The predicted octanol–water partition coefficient (Wildman–Crippen LogP) is 5.73. The van der Waals surface area contributed by atoms with Crippen LogP contribution in [0.4, 0.5) is 11.6 Å². The molecule has 2 N–H and O–H groups in total. The summed E-state index contributed by atoms with van der Waals surface area (Å²) >= 11 is 0. The molecule has 39 heavy (non-hydrogen) atoms. The topological polar surface area (TPSA) is 121 Å². The molecule has 0 aliphatic heterocycles. The zero-order valence-electron chi connectivity index (χ0n) is 21.3. The van der Waals surface area contributed by atoms with Gasteiger partial charge in [-0.1, -0.05) is 48.5 Å². The Labute approximate surface area is 224 Å². The van der Waals surface area contributed by atoms with E-state index in [1.54, 1.807) is 19.2 Å². The van der Waals surface area contributed by atoms with Gasteiger partial charge in [-0.05, 0) is 49.0 Å². The van der Waals surface area contributed by atoms with Crippen LogP contribution in [0, 0.1) is 11.3 Å². The van der Waals surface area contributed by atoms with Gasteiger partial charge in [0, 0.05) is 11.1 Å². The Balaban J connectivity index is 1.63. The van der Waals surface area contributed by atoms with Crippen molar-refractivity contribution in [3.05, 3.63) is 94.7 Å². The van der Waals surface area contributed by atoms with Gasteiger partial charge in [-0.25, -0.2) is 9.97 Å². The van der Waals surface area contributed by atoms with Crippen molar-refractivity contribution in [3.63, 3.8) is 0 Å². The first-order valence-electron chi connectivity index (χ1n) is 12.7. The number of ether oxygens (including phenoxy) is 1. The second-order valence-corrected chi connectivity index (χ2v) is 9.26. The normalized spacial score (nSPS) is 13.1. The van der Waals surface area contributed by atoms with Crippen LogP contribution in [-0.4, -0.2) is 31.7 Å². The highest BCUT2D eigenvalue weighted by Crippen LogP contribution is 2.37. The SMILES string of the molecule is COc1ccc(-c2c(Nc3cnc(C#N)cn3)[nH]c3c(C4=CCCCC4)c(-c4ccccc4)nn3c2=O)cc1. The minimum absolute atomic E-state index is 0.203. The fourth-order valence-electron chi connectivity index (χ4n) is 4.94. The molecule has 0 fully saturated rings. The molecule has 0 atom stereocenters. The van der Waals surface area contributed by atoms with Crippen LogP contribution in [0.25, 0.3) is 33.6 Å². The van der Waals surface area contributed by atoms with E-state index < -0.39 is 0 Å². The van der Waals surface area contributed by atoms with Crippen LogP contribution < -0.4 is 15.6 Å². The molecule has 5 aromatic rings. The van der Waals surface area contributed by atoms with Crippen molar-refractivity contribution in [3.8, 4) is 34.2 Å². The highest BCUT2D eigenvalue weighted by Gasteiger charge is 2.24. The second kappa shape index (κ2) is 10.3. The van der Waals surface area contributed by atoms with E-state index in [2.05, 4.69) is 26.3 Å². The summed E-state index contributed by atoms with van der Waals surface area (Å²) in [5, 5.41) is 17.2. The summed E-state index contributed by atoms with van der Waals surface area (Å²) in [6.07, 6.45) is 9.23. The molecule has 0 saturated carbocycles. The summed E-state index contributed by atoms with van der Waals surface area (Å²) in [5.41, 5.74) is 5.39. The Morgan fingerprint density at radius 1 is 1.00 bits per heavy atom. The summed E-state index contributed by atoms with van der Waals surface area (Å²) in [4.78, 5) is 26.1. The number of aromatic nitrogens is 5. The number of nitrogens with one attached hydrogen (secondary N) is 2. The maximum absolute atomic E-state index is 14.2. The highest BCUT2D eigenvalue weighted by atomic mass is 16.5. The van der Waals surface area contributed by atoms with E-state index in [-0.39, 0.29) is 11.3 Å². The van der Waals surface area contributed by atoms with Crippen LogP contribution in [0.5, 0.6) is 5.75 Å². The summed E-state index contributed by atoms with van der Waals surface area (Å²) < 4.78 is 6.78. The maximum atomic E-state index is 14.2. The molecule has 0 spiro atoms. The molecular formula is C30H25N7O2. The van der Waals surface area contributed by atoms with Crippen molar-refractivity contribution in [2.75, 3.05) is 12.4 Å². The van der Waals surface area contributed by atoms with Crippen molar-refractivity contribution in [2.45, 2.75) is 25.7 Å². The number of nitriles is 1. The van der Waals surface area contributed by atoms with Crippen molar-refractivity contribution < 1.29 is 4.74 Å². The maximum Gasteiger partial charge on any atom is 0.284 e. The summed E-state index contributed by atoms with van der Waals surface area (Å²) in [7, 11) is 1.60. The Morgan fingerprint density at radius 2 is 1.82 bits per heavy atom. The van der Waals surface area contributed by atoms with Gasteiger partial charge >= 0.3 is 0 Å². The largest absolute Gasteiger partial charge is 0.497 e. The van der Waals surface area contributed by atoms with E-state index >= 15 is 0 Å². The van der Waals surface area contributed by atoms with E-state index in [1.807, 2.05) is 48.5 Å². The van der Waals surface area contributed by atoms with Crippen LogP contribution in [-0.2, 0) is 0 Å². The molecule has 0 saturated heterocycles. The molecule has 9 nitrogen and oxygen atoms in total. The number of hydrogen-bond acceptors (Lipinski definition) is 7. The Morgan fingerprint density at radius 3 is 2.49 bits per heavy atom. The van der Waals surface area contributed by atoms with Crippen molar-refractivity contribution >= 4 is 22.9 Å². The van der Waals surface area contributed by atoms with E-state index in [0.717, 1.165) is 42.5 Å².